The number of hydrogen-bond acceptors (Lipinski definition) is 4. The van der Waals surface area contributed by atoms with Gasteiger partial charge in [0, 0.05) is 23.4 Å². The topological polar surface area (TPSA) is 28.2 Å². The third kappa shape index (κ3) is 4.27. The smallest absolute Gasteiger partial charge is 0.0982 e. The average molecular weight is 310 g/mol. The Morgan fingerprint density at radius 3 is 2.71 bits per heavy atom. The van der Waals surface area contributed by atoms with E-state index in [9.17, 15) is 0 Å². The Morgan fingerprint density at radius 2 is 2.14 bits per heavy atom. The standard InChI is InChI=1S/C17H31N3S/c1-12(2)18-10-13-8-7-9-20(6)15(13)14-11-21-16(19-14)17(3,4)5/h11-13,15,18H,7-10H2,1-6H3. The minimum Gasteiger partial charge on any atom is -0.314 e. The predicted octanol–water partition coefficient (Wildman–Crippen LogP) is 3.82. The Labute approximate surface area is 134 Å². The first-order chi connectivity index (χ1) is 9.79. The molecule has 0 aromatic carbocycles. The SMILES string of the molecule is CC(C)NCC1CCCN(C)C1c1csc(C(C)(C)C)n1. The third-order valence-corrected chi connectivity index (χ3v) is 5.55. The molecule has 0 aliphatic carbocycles. The van der Waals surface area contributed by atoms with E-state index in [1.54, 1.807) is 0 Å². The van der Waals surface area contributed by atoms with E-state index in [0.717, 1.165) is 6.54 Å². The summed E-state index contributed by atoms with van der Waals surface area (Å²) >= 11 is 1.82. The molecule has 0 bridgehead atoms. The van der Waals surface area contributed by atoms with Crippen LogP contribution in [0, 0.1) is 5.92 Å². The van der Waals surface area contributed by atoms with Gasteiger partial charge in [0.1, 0.15) is 0 Å². The molecule has 0 amide bonds. The number of hydrogen-bond donors (Lipinski definition) is 1. The Bertz CT molecular complexity index is 447. The minimum atomic E-state index is 0.155. The fraction of sp³-hybridized carbons (Fsp3) is 0.824. The maximum Gasteiger partial charge on any atom is 0.0982 e. The summed E-state index contributed by atoms with van der Waals surface area (Å²) in [5.41, 5.74) is 1.43. The first-order valence-corrected chi connectivity index (χ1v) is 9.06. The quantitative estimate of drug-likeness (QED) is 0.916. The first-order valence-electron chi connectivity index (χ1n) is 8.18. The lowest BCUT2D eigenvalue weighted by molar-refractivity contribution is 0.115. The zero-order valence-electron chi connectivity index (χ0n) is 14.4. The molecule has 3 nitrogen and oxygen atoms in total. The fourth-order valence-electron chi connectivity index (χ4n) is 3.09. The normalized spacial score (nSPS) is 24.7. The molecule has 1 N–H and O–H groups in total. The summed E-state index contributed by atoms with van der Waals surface area (Å²) in [7, 11) is 2.25. The zero-order chi connectivity index (χ0) is 15.6. The summed E-state index contributed by atoms with van der Waals surface area (Å²) in [6.07, 6.45) is 2.60. The van der Waals surface area contributed by atoms with Crippen molar-refractivity contribution in [3.8, 4) is 0 Å². The molecule has 120 valence electrons. The Hall–Kier alpha value is -0.450. The van der Waals surface area contributed by atoms with E-state index in [1.807, 2.05) is 11.3 Å². The minimum absolute atomic E-state index is 0.155. The molecule has 2 heterocycles. The molecular formula is C17H31N3S. The molecular weight excluding hydrogens is 278 g/mol. The van der Waals surface area contributed by atoms with Gasteiger partial charge < -0.3 is 5.32 Å². The highest BCUT2D eigenvalue weighted by atomic mass is 32.1. The van der Waals surface area contributed by atoms with Gasteiger partial charge in [0.15, 0.2) is 0 Å². The number of likely N-dealkylation sites (tertiary alicyclic amines) is 1. The molecule has 1 aliphatic heterocycles. The molecule has 2 rings (SSSR count). The second-order valence-corrected chi connectivity index (χ2v) is 8.58. The van der Waals surface area contributed by atoms with E-state index in [2.05, 4.69) is 57.3 Å². The lowest BCUT2D eigenvalue weighted by Crippen LogP contribution is -2.42. The van der Waals surface area contributed by atoms with Crippen molar-refractivity contribution >= 4 is 11.3 Å². The van der Waals surface area contributed by atoms with Crippen LogP contribution in [0.15, 0.2) is 5.38 Å². The highest BCUT2D eigenvalue weighted by Gasteiger charge is 2.33. The highest BCUT2D eigenvalue weighted by Crippen LogP contribution is 2.37. The lowest BCUT2D eigenvalue weighted by atomic mass is 9.87. The summed E-state index contributed by atoms with van der Waals surface area (Å²) in [4.78, 5) is 7.48. The summed E-state index contributed by atoms with van der Waals surface area (Å²) in [5.74, 6) is 0.668. The molecule has 1 fully saturated rings. The molecule has 2 unspecified atom stereocenters. The molecule has 1 aromatic heterocycles. The number of nitrogens with zero attached hydrogens (tertiary/aromatic N) is 2. The van der Waals surface area contributed by atoms with Crippen LogP contribution in [-0.2, 0) is 5.41 Å². The molecule has 2 atom stereocenters. The van der Waals surface area contributed by atoms with Gasteiger partial charge in [-0.1, -0.05) is 34.6 Å². The lowest BCUT2D eigenvalue weighted by Gasteiger charge is -2.39. The van der Waals surface area contributed by atoms with E-state index in [-0.39, 0.29) is 5.41 Å². The van der Waals surface area contributed by atoms with Crippen LogP contribution in [0.4, 0.5) is 0 Å². The van der Waals surface area contributed by atoms with Gasteiger partial charge in [0.05, 0.1) is 16.7 Å². The van der Waals surface area contributed by atoms with Gasteiger partial charge >= 0.3 is 0 Å². The number of aromatic nitrogens is 1. The van der Waals surface area contributed by atoms with Gasteiger partial charge in [-0.05, 0) is 32.4 Å². The molecule has 0 spiro atoms. The van der Waals surface area contributed by atoms with E-state index in [0.29, 0.717) is 18.0 Å². The van der Waals surface area contributed by atoms with Gasteiger partial charge in [-0.15, -0.1) is 11.3 Å². The monoisotopic (exact) mass is 309 g/mol. The molecule has 0 saturated carbocycles. The second-order valence-electron chi connectivity index (χ2n) is 7.72. The largest absolute Gasteiger partial charge is 0.314 e. The van der Waals surface area contributed by atoms with Crippen LogP contribution < -0.4 is 5.32 Å². The van der Waals surface area contributed by atoms with Crippen molar-refractivity contribution < 1.29 is 0 Å². The Morgan fingerprint density at radius 1 is 1.43 bits per heavy atom. The van der Waals surface area contributed by atoms with Crippen LogP contribution in [0.3, 0.4) is 0 Å². The number of piperidine rings is 1. The van der Waals surface area contributed by atoms with E-state index in [4.69, 9.17) is 4.98 Å². The van der Waals surface area contributed by atoms with Crippen molar-refractivity contribution in [3.63, 3.8) is 0 Å². The summed E-state index contributed by atoms with van der Waals surface area (Å²) in [5, 5.41) is 7.17. The second kappa shape index (κ2) is 6.76. The van der Waals surface area contributed by atoms with E-state index < -0.39 is 0 Å². The molecule has 1 aromatic rings. The number of thiazole rings is 1. The van der Waals surface area contributed by atoms with Crippen LogP contribution >= 0.6 is 11.3 Å². The molecule has 1 aliphatic rings. The third-order valence-electron chi connectivity index (χ3n) is 4.26. The van der Waals surface area contributed by atoms with Crippen molar-refractivity contribution in [2.45, 2.75) is 65.0 Å². The van der Waals surface area contributed by atoms with Crippen LogP contribution in [-0.4, -0.2) is 36.1 Å². The Kier molecular flexibility index (Phi) is 5.44. The van der Waals surface area contributed by atoms with E-state index in [1.165, 1.54) is 30.1 Å². The van der Waals surface area contributed by atoms with Crippen LogP contribution in [0.25, 0.3) is 0 Å². The maximum absolute atomic E-state index is 4.98. The molecule has 1 saturated heterocycles. The van der Waals surface area contributed by atoms with Crippen LogP contribution in [0.1, 0.15) is 64.2 Å². The van der Waals surface area contributed by atoms with Gasteiger partial charge in [0.25, 0.3) is 0 Å². The Balaban J connectivity index is 2.17. The average Bonchev–Trinajstić information content (AvgIpc) is 2.85. The van der Waals surface area contributed by atoms with Gasteiger partial charge in [-0.2, -0.15) is 0 Å². The number of nitrogens with one attached hydrogen (secondary N) is 1. The van der Waals surface area contributed by atoms with E-state index >= 15 is 0 Å². The van der Waals surface area contributed by atoms with Crippen molar-refractivity contribution in [1.29, 1.82) is 0 Å². The molecule has 21 heavy (non-hydrogen) atoms. The van der Waals surface area contributed by atoms with Crippen molar-refractivity contribution in [1.82, 2.24) is 15.2 Å². The highest BCUT2D eigenvalue weighted by molar-refractivity contribution is 7.09. The van der Waals surface area contributed by atoms with Crippen LogP contribution in [0.2, 0.25) is 0 Å². The fourth-order valence-corrected chi connectivity index (χ4v) is 4.03. The van der Waals surface area contributed by atoms with Crippen molar-refractivity contribution in [2.24, 2.45) is 5.92 Å². The van der Waals surface area contributed by atoms with Crippen LogP contribution in [0.5, 0.6) is 0 Å². The van der Waals surface area contributed by atoms with Gasteiger partial charge in [-0.25, -0.2) is 4.98 Å². The van der Waals surface area contributed by atoms with Gasteiger partial charge in [0.2, 0.25) is 0 Å². The molecule has 4 heteroatoms. The first kappa shape index (κ1) is 16.9. The summed E-state index contributed by atoms with van der Waals surface area (Å²) < 4.78 is 0. The summed E-state index contributed by atoms with van der Waals surface area (Å²) in [6.45, 7) is 13.5. The maximum atomic E-state index is 4.98. The summed E-state index contributed by atoms with van der Waals surface area (Å²) in [6, 6.07) is 1.02. The van der Waals surface area contributed by atoms with Crippen molar-refractivity contribution in [2.75, 3.05) is 20.1 Å². The predicted molar refractivity (Wildman–Crippen MR) is 92.0 cm³/mol. The van der Waals surface area contributed by atoms with Gasteiger partial charge in [-0.3, -0.25) is 4.90 Å². The number of rotatable bonds is 4. The zero-order valence-corrected chi connectivity index (χ0v) is 15.3. The molecule has 0 radical (unpaired) electrons. The van der Waals surface area contributed by atoms with Crippen molar-refractivity contribution in [3.05, 3.63) is 16.1 Å².